The maximum absolute atomic E-state index is 11.9. The first-order chi connectivity index (χ1) is 10.9. The zero-order valence-corrected chi connectivity index (χ0v) is 14.4. The van der Waals surface area contributed by atoms with E-state index in [2.05, 4.69) is 4.90 Å². The second-order valence-corrected chi connectivity index (χ2v) is 8.29. The minimum atomic E-state index is -3.27. The number of hydrogen-bond donors (Lipinski definition) is 1. The maximum atomic E-state index is 11.9. The van der Waals surface area contributed by atoms with Crippen molar-refractivity contribution in [2.24, 2.45) is 0 Å². The van der Waals surface area contributed by atoms with Crippen molar-refractivity contribution < 1.29 is 18.3 Å². The molecule has 0 amide bonds. The first-order valence-corrected chi connectivity index (χ1v) is 9.81. The Morgan fingerprint density at radius 1 is 1.35 bits per heavy atom. The third kappa shape index (κ3) is 3.52. The lowest BCUT2D eigenvalue weighted by Crippen LogP contribution is -2.38. The zero-order chi connectivity index (χ0) is 16.6. The molecule has 0 aliphatic carbocycles. The highest BCUT2D eigenvalue weighted by atomic mass is 32.2. The molecular weight excluding hydrogens is 316 g/mol. The summed E-state index contributed by atoms with van der Waals surface area (Å²) < 4.78 is 30.7. The van der Waals surface area contributed by atoms with Crippen LogP contribution < -0.4 is 4.31 Å². The summed E-state index contributed by atoms with van der Waals surface area (Å²) >= 11 is 0. The Labute approximate surface area is 137 Å². The normalized spacial score (nSPS) is 23.8. The van der Waals surface area contributed by atoms with E-state index in [0.717, 1.165) is 29.9 Å². The molecule has 1 saturated heterocycles. The van der Waals surface area contributed by atoms with Gasteiger partial charge in [-0.3, -0.25) is 9.21 Å². The summed E-state index contributed by atoms with van der Waals surface area (Å²) in [5, 5.41) is 10.5. The highest BCUT2D eigenvalue weighted by Gasteiger charge is 2.32. The molecule has 2 atom stereocenters. The molecule has 2 heterocycles. The highest BCUT2D eigenvalue weighted by Crippen LogP contribution is 2.35. The number of aliphatic hydroxyl groups excluding tert-OH is 1. The van der Waals surface area contributed by atoms with Gasteiger partial charge in [0.15, 0.2) is 0 Å². The van der Waals surface area contributed by atoms with Gasteiger partial charge in [-0.25, -0.2) is 8.42 Å². The number of hydrogen-bond acceptors (Lipinski definition) is 5. The molecule has 23 heavy (non-hydrogen) atoms. The number of aliphatic hydroxyl groups is 1. The van der Waals surface area contributed by atoms with Crippen LogP contribution in [-0.4, -0.2) is 63.6 Å². The number of benzene rings is 1. The largest absolute Gasteiger partial charge is 0.387 e. The van der Waals surface area contributed by atoms with Gasteiger partial charge in [-0.1, -0.05) is 12.1 Å². The Morgan fingerprint density at radius 3 is 2.70 bits per heavy atom. The number of ether oxygens (including phenoxy) is 1. The minimum absolute atomic E-state index is 0.0772. The van der Waals surface area contributed by atoms with Crippen molar-refractivity contribution in [1.82, 2.24) is 4.90 Å². The topological polar surface area (TPSA) is 70.1 Å². The molecule has 0 saturated carbocycles. The average molecular weight is 340 g/mol. The van der Waals surface area contributed by atoms with Crippen LogP contribution in [0.3, 0.4) is 0 Å². The number of sulfonamides is 1. The van der Waals surface area contributed by atoms with E-state index in [9.17, 15) is 13.5 Å². The predicted molar refractivity (Wildman–Crippen MR) is 89.1 cm³/mol. The van der Waals surface area contributed by atoms with Gasteiger partial charge in [0, 0.05) is 25.7 Å². The summed E-state index contributed by atoms with van der Waals surface area (Å²) in [4.78, 5) is 2.19. The number of anilines is 1. The number of β-amino-alcohol motifs (C(OH)–C–C–N with tert-alkyl or cyclic N) is 1. The molecule has 0 bridgehead atoms. The van der Waals surface area contributed by atoms with E-state index in [1.807, 2.05) is 25.1 Å². The smallest absolute Gasteiger partial charge is 0.232 e. The monoisotopic (exact) mass is 340 g/mol. The van der Waals surface area contributed by atoms with E-state index >= 15 is 0 Å². The molecule has 2 aliphatic heterocycles. The molecule has 1 N–H and O–H groups in total. The van der Waals surface area contributed by atoms with E-state index in [0.29, 0.717) is 26.2 Å². The average Bonchev–Trinajstić information content (AvgIpc) is 2.82. The third-order valence-corrected chi connectivity index (χ3v) is 5.80. The van der Waals surface area contributed by atoms with Gasteiger partial charge in [-0.2, -0.15) is 0 Å². The highest BCUT2D eigenvalue weighted by molar-refractivity contribution is 7.92. The Bertz CT molecular complexity index is 671. The number of morpholine rings is 1. The Morgan fingerprint density at radius 2 is 2.04 bits per heavy atom. The lowest BCUT2D eigenvalue weighted by atomic mass is 10.0. The lowest BCUT2D eigenvalue weighted by molar-refractivity contribution is 0.0143. The zero-order valence-electron chi connectivity index (χ0n) is 13.6. The summed E-state index contributed by atoms with van der Waals surface area (Å²) in [6, 6.07) is 5.52. The van der Waals surface area contributed by atoms with Gasteiger partial charge in [-0.05, 0) is 30.5 Å². The molecular formula is C16H24N2O4S. The van der Waals surface area contributed by atoms with Crippen LogP contribution in [0, 0.1) is 0 Å². The summed E-state index contributed by atoms with van der Waals surface area (Å²) in [7, 11) is -3.27. The molecule has 7 heteroatoms. The first kappa shape index (κ1) is 16.7. The van der Waals surface area contributed by atoms with Crippen molar-refractivity contribution >= 4 is 15.7 Å². The van der Waals surface area contributed by atoms with E-state index in [4.69, 9.17) is 4.74 Å². The predicted octanol–water partition coefficient (Wildman–Crippen LogP) is 0.763. The summed E-state index contributed by atoms with van der Waals surface area (Å²) in [6.45, 7) is 5.57. The molecule has 3 rings (SSSR count). The molecule has 0 spiro atoms. The van der Waals surface area contributed by atoms with Crippen LogP contribution in [0.15, 0.2) is 18.2 Å². The fourth-order valence-corrected chi connectivity index (χ4v) is 4.73. The van der Waals surface area contributed by atoms with Crippen LogP contribution in [0.1, 0.15) is 24.2 Å². The van der Waals surface area contributed by atoms with Gasteiger partial charge in [0.05, 0.1) is 31.3 Å². The molecule has 1 aromatic rings. The van der Waals surface area contributed by atoms with Gasteiger partial charge in [-0.15, -0.1) is 0 Å². The third-order valence-electron chi connectivity index (χ3n) is 4.53. The van der Waals surface area contributed by atoms with Gasteiger partial charge in [0.25, 0.3) is 0 Å². The molecule has 2 aliphatic rings. The van der Waals surface area contributed by atoms with E-state index in [1.165, 1.54) is 10.6 Å². The van der Waals surface area contributed by atoms with Gasteiger partial charge >= 0.3 is 0 Å². The first-order valence-electron chi connectivity index (χ1n) is 7.96. The van der Waals surface area contributed by atoms with E-state index < -0.39 is 16.1 Å². The van der Waals surface area contributed by atoms with Crippen molar-refractivity contribution in [1.29, 1.82) is 0 Å². The van der Waals surface area contributed by atoms with Gasteiger partial charge in [0.2, 0.25) is 10.0 Å². The molecule has 0 radical (unpaired) electrons. The summed E-state index contributed by atoms with van der Waals surface area (Å²) in [6.07, 6.45) is 1.35. The van der Waals surface area contributed by atoms with Crippen molar-refractivity contribution in [3.8, 4) is 0 Å². The molecule has 128 valence electrons. The van der Waals surface area contributed by atoms with Crippen LogP contribution >= 0.6 is 0 Å². The molecule has 6 nitrogen and oxygen atoms in total. The van der Waals surface area contributed by atoms with Crippen molar-refractivity contribution in [3.05, 3.63) is 29.3 Å². The number of nitrogens with zero attached hydrogens (tertiary/aromatic N) is 2. The molecule has 1 fully saturated rings. The number of fused-ring (bicyclic) bond motifs is 1. The summed E-state index contributed by atoms with van der Waals surface area (Å²) in [5.41, 5.74) is 2.57. The standard InChI is InChI=1S/C16H24N2O4S/c1-12-9-14-10-13(3-4-15(14)18(12)23(2,20)21)16(19)11-17-5-7-22-8-6-17/h3-4,10,12,16,19H,5-9,11H2,1-2H3/t12-,16-/m0/s1. The quantitative estimate of drug-likeness (QED) is 0.876. The van der Waals surface area contributed by atoms with Crippen LogP contribution in [0.5, 0.6) is 0 Å². The fraction of sp³-hybridized carbons (Fsp3) is 0.625. The fourth-order valence-electron chi connectivity index (χ4n) is 3.47. The maximum Gasteiger partial charge on any atom is 0.232 e. The van der Waals surface area contributed by atoms with Crippen molar-refractivity contribution in [2.75, 3.05) is 43.4 Å². The Hall–Kier alpha value is -1.15. The van der Waals surface area contributed by atoms with Crippen LogP contribution in [0.2, 0.25) is 0 Å². The summed E-state index contributed by atoms with van der Waals surface area (Å²) in [5.74, 6) is 0. The van der Waals surface area contributed by atoms with Crippen LogP contribution in [0.25, 0.3) is 0 Å². The molecule has 1 aromatic carbocycles. The SMILES string of the molecule is C[C@H]1Cc2cc([C@@H](O)CN3CCOCC3)ccc2N1S(C)(=O)=O. The van der Waals surface area contributed by atoms with Crippen molar-refractivity contribution in [2.45, 2.75) is 25.5 Å². The van der Waals surface area contributed by atoms with Crippen molar-refractivity contribution in [3.63, 3.8) is 0 Å². The van der Waals surface area contributed by atoms with E-state index in [1.54, 1.807) is 0 Å². The second-order valence-electron chi connectivity index (χ2n) is 6.43. The van der Waals surface area contributed by atoms with E-state index in [-0.39, 0.29) is 6.04 Å². The molecule has 0 aromatic heterocycles. The van der Waals surface area contributed by atoms with Crippen LogP contribution in [0.4, 0.5) is 5.69 Å². The minimum Gasteiger partial charge on any atom is -0.387 e. The van der Waals surface area contributed by atoms with Gasteiger partial charge in [0.1, 0.15) is 0 Å². The van der Waals surface area contributed by atoms with Gasteiger partial charge < -0.3 is 9.84 Å². The second kappa shape index (κ2) is 6.39. The number of rotatable bonds is 4. The Kier molecular flexibility index (Phi) is 4.64. The molecule has 0 unspecified atom stereocenters. The lowest BCUT2D eigenvalue weighted by Gasteiger charge is -2.28. The Balaban J connectivity index is 1.78. The van der Waals surface area contributed by atoms with Crippen LogP contribution in [-0.2, 0) is 21.2 Å².